The van der Waals surface area contributed by atoms with Crippen LogP contribution in [0.4, 0.5) is 4.39 Å². The predicted molar refractivity (Wildman–Crippen MR) is 98.9 cm³/mol. The van der Waals surface area contributed by atoms with Gasteiger partial charge in [0.25, 0.3) is 0 Å². The number of hydrogen-bond acceptors (Lipinski definition) is 3. The molecule has 138 valence electrons. The molecule has 0 amide bonds. The molecule has 3 nitrogen and oxygen atoms in total. The largest absolute Gasteiger partial charge is 0.393 e. The number of ketones is 1. The van der Waals surface area contributed by atoms with E-state index in [0.717, 1.165) is 31.5 Å². The van der Waals surface area contributed by atoms with E-state index in [1.165, 1.54) is 6.07 Å². The predicted octanol–water partition coefficient (Wildman–Crippen LogP) is 4.32. The van der Waals surface area contributed by atoms with Gasteiger partial charge < -0.3 is 10.0 Å². The van der Waals surface area contributed by atoms with Gasteiger partial charge >= 0.3 is 0 Å². The van der Waals surface area contributed by atoms with Crippen molar-refractivity contribution in [1.29, 1.82) is 0 Å². The molecule has 1 aromatic carbocycles. The fraction of sp³-hybridized carbons (Fsp3) is 0.650. The second kappa shape index (κ2) is 12.2. The summed E-state index contributed by atoms with van der Waals surface area (Å²) in [4.78, 5) is 14.1. The first-order valence-corrected chi connectivity index (χ1v) is 9.14. The lowest BCUT2D eigenvalue weighted by Crippen LogP contribution is -2.39. The molecule has 1 N–H and O–H groups in total. The van der Waals surface area contributed by atoms with Crippen LogP contribution in [0, 0.1) is 12.7 Å². The number of piperidine rings is 1. The van der Waals surface area contributed by atoms with Crippen molar-refractivity contribution in [2.45, 2.75) is 66.4 Å². The molecule has 0 spiro atoms. The second-order valence-electron chi connectivity index (χ2n) is 5.70. The number of carbonyl (C=O) groups is 1. The quantitative estimate of drug-likeness (QED) is 0.888. The number of hydrogen-bond donors (Lipinski definition) is 1. The third-order valence-corrected chi connectivity index (χ3v) is 4.09. The van der Waals surface area contributed by atoms with E-state index in [-0.39, 0.29) is 23.6 Å². The van der Waals surface area contributed by atoms with Crippen LogP contribution in [0.15, 0.2) is 18.2 Å². The minimum Gasteiger partial charge on any atom is -0.393 e. The average Bonchev–Trinajstić information content (AvgIpc) is 2.60. The molecule has 1 aromatic rings. The Bertz CT molecular complexity index is 483. The van der Waals surface area contributed by atoms with Crippen LogP contribution in [0.25, 0.3) is 0 Å². The summed E-state index contributed by atoms with van der Waals surface area (Å²) in [6.07, 6.45) is 1.26. The first-order valence-electron chi connectivity index (χ1n) is 9.14. The number of halogens is 1. The number of likely N-dealkylation sites (tertiary alicyclic amines) is 1. The van der Waals surface area contributed by atoms with Crippen molar-refractivity contribution in [2.75, 3.05) is 19.6 Å². The highest BCUT2D eigenvalue weighted by molar-refractivity contribution is 5.83. The Morgan fingerprint density at radius 2 is 1.79 bits per heavy atom. The smallest absolute Gasteiger partial charge is 0.138 e. The van der Waals surface area contributed by atoms with Gasteiger partial charge in [-0.25, -0.2) is 4.39 Å². The van der Waals surface area contributed by atoms with E-state index in [1.807, 2.05) is 33.8 Å². The Morgan fingerprint density at radius 1 is 1.25 bits per heavy atom. The minimum absolute atomic E-state index is 0.0550. The Labute approximate surface area is 146 Å². The van der Waals surface area contributed by atoms with Gasteiger partial charge in [0.2, 0.25) is 0 Å². The zero-order valence-corrected chi connectivity index (χ0v) is 16.1. The fourth-order valence-electron chi connectivity index (χ4n) is 2.65. The zero-order chi connectivity index (χ0) is 18.7. The third kappa shape index (κ3) is 7.10. The molecule has 0 saturated carbocycles. The summed E-state index contributed by atoms with van der Waals surface area (Å²) in [5, 5.41) is 9.51. The Morgan fingerprint density at radius 3 is 2.25 bits per heavy atom. The van der Waals surface area contributed by atoms with Gasteiger partial charge in [0, 0.05) is 19.6 Å². The van der Waals surface area contributed by atoms with Crippen LogP contribution in [0.3, 0.4) is 0 Å². The van der Waals surface area contributed by atoms with Gasteiger partial charge in [-0.2, -0.15) is 0 Å². The number of carbonyl (C=O) groups excluding carboxylic acids is 1. The summed E-state index contributed by atoms with van der Waals surface area (Å²) in [5.41, 5.74) is 1.34. The standard InChI is InChI=1S/C16H22FNO2.2C2H6/c1-11-3-4-13(9-16(11)17)15(12(2)19)10-18-7-5-14(20)6-8-18;2*1-2/h3-4,9,14-15,20H,5-8,10H2,1-2H3;2*1-2H3. The molecule has 0 aliphatic carbocycles. The van der Waals surface area contributed by atoms with Gasteiger partial charge in [-0.1, -0.05) is 39.8 Å². The Kier molecular flexibility index (Phi) is 11.5. The van der Waals surface area contributed by atoms with Crippen molar-refractivity contribution in [2.24, 2.45) is 0 Å². The van der Waals surface area contributed by atoms with Crippen LogP contribution in [0.2, 0.25) is 0 Å². The average molecular weight is 339 g/mol. The van der Waals surface area contributed by atoms with Crippen LogP contribution in [-0.2, 0) is 4.79 Å². The lowest BCUT2D eigenvalue weighted by molar-refractivity contribution is -0.119. The summed E-state index contributed by atoms with van der Waals surface area (Å²) in [6, 6.07) is 5.03. The lowest BCUT2D eigenvalue weighted by atomic mass is 9.93. The van der Waals surface area contributed by atoms with Crippen molar-refractivity contribution in [3.05, 3.63) is 35.1 Å². The molecule has 1 aliphatic rings. The van der Waals surface area contributed by atoms with Crippen LogP contribution in [0.5, 0.6) is 0 Å². The van der Waals surface area contributed by atoms with Crippen LogP contribution in [-0.4, -0.2) is 41.5 Å². The number of benzene rings is 1. The molecule has 4 heteroatoms. The molecule has 1 unspecified atom stereocenters. The van der Waals surface area contributed by atoms with Crippen molar-refractivity contribution in [1.82, 2.24) is 4.90 Å². The highest BCUT2D eigenvalue weighted by Crippen LogP contribution is 2.22. The third-order valence-electron chi connectivity index (χ3n) is 4.09. The monoisotopic (exact) mass is 339 g/mol. The van der Waals surface area contributed by atoms with E-state index in [1.54, 1.807) is 19.9 Å². The van der Waals surface area contributed by atoms with Crippen LogP contribution >= 0.6 is 0 Å². The lowest BCUT2D eigenvalue weighted by Gasteiger charge is -2.32. The summed E-state index contributed by atoms with van der Waals surface area (Å²) in [6.45, 7) is 13.5. The molecule has 0 aromatic heterocycles. The number of nitrogens with zero attached hydrogens (tertiary/aromatic N) is 1. The first-order chi connectivity index (χ1) is 11.5. The molecule has 1 saturated heterocycles. The normalized spacial score (nSPS) is 16.3. The van der Waals surface area contributed by atoms with Gasteiger partial charge in [-0.3, -0.25) is 4.79 Å². The fourth-order valence-corrected chi connectivity index (χ4v) is 2.65. The molecule has 24 heavy (non-hydrogen) atoms. The molecule has 1 aliphatic heterocycles. The zero-order valence-electron chi connectivity index (χ0n) is 16.1. The molecular weight excluding hydrogens is 305 g/mol. The number of rotatable bonds is 4. The van der Waals surface area contributed by atoms with Gasteiger partial charge in [0.05, 0.1) is 12.0 Å². The van der Waals surface area contributed by atoms with Crippen molar-refractivity contribution in [3.8, 4) is 0 Å². The number of aliphatic hydroxyl groups is 1. The molecule has 2 rings (SSSR count). The summed E-state index contributed by atoms with van der Waals surface area (Å²) in [7, 11) is 0. The van der Waals surface area contributed by atoms with Gasteiger partial charge in [-0.05, 0) is 43.9 Å². The summed E-state index contributed by atoms with van der Waals surface area (Å²) in [5.74, 6) is -0.498. The molecular formula is C20H34FNO2. The van der Waals surface area contributed by atoms with Crippen LogP contribution in [0.1, 0.15) is 64.5 Å². The molecule has 0 bridgehead atoms. The molecule has 1 atom stereocenters. The van der Waals surface area contributed by atoms with E-state index < -0.39 is 0 Å². The highest BCUT2D eigenvalue weighted by Gasteiger charge is 2.24. The van der Waals surface area contributed by atoms with E-state index in [2.05, 4.69) is 4.90 Å². The molecule has 0 radical (unpaired) electrons. The van der Waals surface area contributed by atoms with E-state index in [0.29, 0.717) is 12.1 Å². The maximum atomic E-state index is 13.7. The SMILES string of the molecule is CC.CC.CC(=O)C(CN1CCC(O)CC1)c1ccc(C)c(F)c1. The van der Waals surface area contributed by atoms with Crippen molar-refractivity contribution >= 4 is 5.78 Å². The number of Topliss-reactive ketones (excluding diaryl/α,β-unsaturated/α-hetero) is 1. The maximum absolute atomic E-state index is 13.7. The molecule has 1 fully saturated rings. The maximum Gasteiger partial charge on any atom is 0.138 e. The first kappa shape index (κ1) is 22.7. The van der Waals surface area contributed by atoms with Crippen LogP contribution < -0.4 is 0 Å². The van der Waals surface area contributed by atoms with E-state index in [4.69, 9.17) is 0 Å². The summed E-state index contributed by atoms with van der Waals surface area (Å²) < 4.78 is 13.7. The second-order valence-corrected chi connectivity index (χ2v) is 5.70. The van der Waals surface area contributed by atoms with E-state index in [9.17, 15) is 14.3 Å². The van der Waals surface area contributed by atoms with Gasteiger partial charge in [-0.15, -0.1) is 0 Å². The van der Waals surface area contributed by atoms with Gasteiger partial charge in [0.15, 0.2) is 0 Å². The number of aryl methyl sites for hydroxylation is 1. The van der Waals surface area contributed by atoms with Gasteiger partial charge in [0.1, 0.15) is 11.6 Å². The van der Waals surface area contributed by atoms with E-state index >= 15 is 0 Å². The minimum atomic E-state index is -0.291. The Balaban J connectivity index is 0.00000123. The Hall–Kier alpha value is -1.26. The topological polar surface area (TPSA) is 40.5 Å². The van der Waals surface area contributed by atoms with Crippen molar-refractivity contribution < 1.29 is 14.3 Å². The highest BCUT2D eigenvalue weighted by atomic mass is 19.1. The summed E-state index contributed by atoms with van der Waals surface area (Å²) >= 11 is 0. The number of aliphatic hydroxyl groups excluding tert-OH is 1. The molecule has 1 heterocycles. The van der Waals surface area contributed by atoms with Crippen molar-refractivity contribution in [3.63, 3.8) is 0 Å².